The zero-order valence-corrected chi connectivity index (χ0v) is 6.62. The first-order valence-electron chi connectivity index (χ1n) is 3.85. The second kappa shape index (κ2) is 2.62. The summed E-state index contributed by atoms with van der Waals surface area (Å²) in [6, 6.07) is 5.50. The predicted molar refractivity (Wildman–Crippen MR) is 43.8 cm³/mol. The van der Waals surface area contributed by atoms with Crippen molar-refractivity contribution in [2.75, 3.05) is 13.6 Å². The van der Waals surface area contributed by atoms with Crippen LogP contribution in [0.4, 0.5) is 0 Å². The van der Waals surface area contributed by atoms with E-state index in [0.29, 0.717) is 0 Å². The molecule has 0 bridgehead atoms. The minimum Gasteiger partial charge on any atom is -0.295 e. The molecule has 1 aliphatic rings. The first-order chi connectivity index (χ1) is 5.38. The largest absolute Gasteiger partial charge is 0.295 e. The number of nitrogens with zero attached hydrogens (tertiary/aromatic N) is 2. The van der Waals surface area contributed by atoms with Crippen LogP contribution in [0.5, 0.6) is 0 Å². The molecule has 1 aromatic heterocycles. The van der Waals surface area contributed by atoms with Gasteiger partial charge in [-0.1, -0.05) is 6.07 Å². The maximum absolute atomic E-state index is 4.07. The molecule has 57 valence electrons. The Morgan fingerprint density at radius 1 is 1.55 bits per heavy atom. The Kier molecular flexibility index (Phi) is 1.62. The topological polar surface area (TPSA) is 16.1 Å². The minimum atomic E-state index is 1.18. The number of pyridine rings is 1. The molecule has 11 heavy (non-hydrogen) atoms. The first kappa shape index (κ1) is 6.80. The van der Waals surface area contributed by atoms with Crippen LogP contribution in [0.25, 0.3) is 0 Å². The lowest BCUT2D eigenvalue weighted by Crippen LogP contribution is -2.38. The maximum atomic E-state index is 4.07. The second-order valence-corrected chi connectivity index (χ2v) is 2.86. The van der Waals surface area contributed by atoms with Crippen molar-refractivity contribution in [3.63, 3.8) is 0 Å². The van der Waals surface area contributed by atoms with Gasteiger partial charge in [0.05, 0.1) is 6.04 Å². The van der Waals surface area contributed by atoms with Gasteiger partial charge in [-0.25, -0.2) is 0 Å². The van der Waals surface area contributed by atoms with Crippen LogP contribution in [-0.2, 0) is 0 Å². The van der Waals surface area contributed by atoms with E-state index in [1.165, 1.54) is 24.6 Å². The van der Waals surface area contributed by atoms with Crippen LogP contribution in [0.2, 0.25) is 0 Å². The third-order valence-electron chi connectivity index (χ3n) is 2.14. The van der Waals surface area contributed by atoms with Crippen molar-refractivity contribution < 1.29 is 0 Å². The van der Waals surface area contributed by atoms with Gasteiger partial charge in [-0.3, -0.25) is 9.88 Å². The monoisotopic (exact) mass is 147 g/mol. The zero-order chi connectivity index (χ0) is 7.68. The Morgan fingerprint density at radius 3 is 2.91 bits per heavy atom. The number of aromatic nitrogens is 1. The van der Waals surface area contributed by atoms with Gasteiger partial charge < -0.3 is 0 Å². The Balaban J connectivity index is 2.17. The molecule has 2 heterocycles. The summed E-state index contributed by atoms with van der Waals surface area (Å²) in [7, 11) is 2.12. The number of rotatable bonds is 1. The fraction of sp³-hybridized carbons (Fsp3) is 0.333. The average Bonchev–Trinajstić information content (AvgIpc) is 2.04. The second-order valence-electron chi connectivity index (χ2n) is 2.86. The van der Waals surface area contributed by atoms with E-state index in [0.717, 1.165) is 0 Å². The summed E-state index contributed by atoms with van der Waals surface area (Å²) < 4.78 is 0. The van der Waals surface area contributed by atoms with Crippen molar-refractivity contribution >= 4 is 0 Å². The van der Waals surface area contributed by atoms with Gasteiger partial charge in [0, 0.05) is 18.9 Å². The molecule has 2 nitrogen and oxygen atoms in total. The Labute approximate surface area is 66.9 Å². The molecular weight excluding hydrogens is 136 g/mol. The van der Waals surface area contributed by atoms with Crippen LogP contribution in [0, 0.1) is 6.04 Å². The maximum Gasteiger partial charge on any atom is 0.0714 e. The summed E-state index contributed by atoms with van der Waals surface area (Å²) in [5.74, 6) is 0. The standard InChI is InChI=1S/C9H11N2/c1-11-6-4-9(11)8-3-2-5-10-7-8/h2-3,5,7H,4,6H2,1H3. The lowest BCUT2D eigenvalue weighted by molar-refractivity contribution is 0.250. The van der Waals surface area contributed by atoms with Gasteiger partial charge in [-0.05, 0) is 25.1 Å². The molecule has 2 rings (SSSR count). The van der Waals surface area contributed by atoms with Crippen LogP contribution < -0.4 is 0 Å². The van der Waals surface area contributed by atoms with Crippen molar-refractivity contribution in [3.05, 3.63) is 36.1 Å². The van der Waals surface area contributed by atoms with Gasteiger partial charge in [0.2, 0.25) is 0 Å². The van der Waals surface area contributed by atoms with Crippen molar-refractivity contribution in [2.45, 2.75) is 6.42 Å². The normalized spacial score (nSPS) is 19.7. The molecule has 0 aromatic carbocycles. The molecule has 0 atom stereocenters. The Morgan fingerprint density at radius 2 is 2.45 bits per heavy atom. The van der Waals surface area contributed by atoms with Gasteiger partial charge >= 0.3 is 0 Å². The molecule has 1 aliphatic heterocycles. The summed E-state index contributed by atoms with van der Waals surface area (Å²) in [4.78, 5) is 6.34. The van der Waals surface area contributed by atoms with Crippen molar-refractivity contribution in [1.82, 2.24) is 9.88 Å². The molecule has 0 saturated carbocycles. The lowest BCUT2D eigenvalue weighted by Gasteiger charge is -2.36. The van der Waals surface area contributed by atoms with E-state index in [2.05, 4.69) is 23.0 Å². The van der Waals surface area contributed by atoms with Gasteiger partial charge in [0.15, 0.2) is 0 Å². The third kappa shape index (κ3) is 1.14. The van der Waals surface area contributed by atoms with Crippen molar-refractivity contribution in [2.24, 2.45) is 0 Å². The lowest BCUT2D eigenvalue weighted by atomic mass is 9.97. The van der Waals surface area contributed by atoms with E-state index in [9.17, 15) is 0 Å². The first-order valence-corrected chi connectivity index (χ1v) is 3.85. The van der Waals surface area contributed by atoms with Gasteiger partial charge in [0.1, 0.15) is 0 Å². The quantitative estimate of drug-likeness (QED) is 0.595. The SMILES string of the molecule is CN1CC[C]1c1cccnc1. The average molecular weight is 147 g/mol. The van der Waals surface area contributed by atoms with Crippen LogP contribution in [0.15, 0.2) is 24.5 Å². The summed E-state index contributed by atoms with van der Waals surface area (Å²) in [6.45, 7) is 1.18. The van der Waals surface area contributed by atoms with Crippen LogP contribution >= 0.6 is 0 Å². The smallest absolute Gasteiger partial charge is 0.0714 e. The Bertz CT molecular complexity index is 233. The summed E-state index contributed by atoms with van der Waals surface area (Å²) >= 11 is 0. The van der Waals surface area contributed by atoms with E-state index in [-0.39, 0.29) is 0 Å². The van der Waals surface area contributed by atoms with Crippen molar-refractivity contribution in [1.29, 1.82) is 0 Å². The molecule has 1 radical (unpaired) electrons. The van der Waals surface area contributed by atoms with Crippen LogP contribution in [-0.4, -0.2) is 23.5 Å². The van der Waals surface area contributed by atoms with Crippen molar-refractivity contribution in [3.8, 4) is 0 Å². The predicted octanol–water partition coefficient (Wildman–Crippen LogP) is 1.30. The summed E-state index contributed by atoms with van der Waals surface area (Å²) in [6.07, 6.45) is 4.93. The third-order valence-corrected chi connectivity index (χ3v) is 2.14. The van der Waals surface area contributed by atoms with E-state index >= 15 is 0 Å². The highest BCUT2D eigenvalue weighted by molar-refractivity contribution is 5.29. The molecule has 1 saturated heterocycles. The molecular formula is C9H11N2. The van der Waals surface area contributed by atoms with Crippen LogP contribution in [0.1, 0.15) is 12.0 Å². The fourth-order valence-electron chi connectivity index (χ4n) is 1.35. The molecule has 1 aromatic rings. The molecule has 2 heteroatoms. The van der Waals surface area contributed by atoms with Crippen LogP contribution in [0.3, 0.4) is 0 Å². The highest BCUT2D eigenvalue weighted by Gasteiger charge is 2.26. The summed E-state index contributed by atoms with van der Waals surface area (Å²) in [5, 5.41) is 0. The fourth-order valence-corrected chi connectivity index (χ4v) is 1.35. The molecule has 0 spiro atoms. The number of hydrogen-bond donors (Lipinski definition) is 0. The molecule has 1 fully saturated rings. The molecule has 0 amide bonds. The van der Waals surface area contributed by atoms with Gasteiger partial charge in [-0.2, -0.15) is 0 Å². The van der Waals surface area contributed by atoms with Gasteiger partial charge in [-0.15, -0.1) is 0 Å². The zero-order valence-electron chi connectivity index (χ0n) is 6.62. The summed E-state index contributed by atoms with van der Waals surface area (Å²) in [5.41, 5.74) is 1.27. The van der Waals surface area contributed by atoms with E-state index in [1.54, 1.807) is 0 Å². The van der Waals surface area contributed by atoms with E-state index in [1.807, 2.05) is 18.5 Å². The van der Waals surface area contributed by atoms with Gasteiger partial charge in [0.25, 0.3) is 0 Å². The van der Waals surface area contributed by atoms with E-state index < -0.39 is 0 Å². The molecule has 0 unspecified atom stereocenters. The highest BCUT2D eigenvalue weighted by atomic mass is 15.2. The number of likely N-dealkylation sites (tertiary alicyclic amines) is 1. The Hall–Kier alpha value is -0.890. The highest BCUT2D eigenvalue weighted by Crippen LogP contribution is 2.28. The molecule has 0 aliphatic carbocycles. The minimum absolute atomic E-state index is 1.18. The molecule has 0 N–H and O–H groups in total. The van der Waals surface area contributed by atoms with E-state index in [4.69, 9.17) is 0 Å². The number of hydrogen-bond acceptors (Lipinski definition) is 2.